The first-order chi connectivity index (χ1) is 20.9. The summed E-state index contributed by atoms with van der Waals surface area (Å²) in [5.41, 5.74) is 3.14. The van der Waals surface area contributed by atoms with Gasteiger partial charge in [-0.05, 0) is 63.4 Å². The first-order valence-corrected chi connectivity index (χ1v) is 15.4. The molecule has 224 valence electrons. The summed E-state index contributed by atoms with van der Waals surface area (Å²) in [7, 11) is 4.19. The number of fused-ring (bicyclic) bond motifs is 2. The number of carbonyl (C=O) groups excluding carboxylic acids is 1. The molecule has 0 unspecified atom stereocenters. The number of piperazine rings is 1. The molecule has 0 bridgehead atoms. The van der Waals surface area contributed by atoms with Crippen LogP contribution in [0.4, 0.5) is 11.5 Å². The summed E-state index contributed by atoms with van der Waals surface area (Å²) in [6, 6.07) is 12.8. The fourth-order valence-electron chi connectivity index (χ4n) is 6.93. The summed E-state index contributed by atoms with van der Waals surface area (Å²) >= 11 is 6.71. The smallest absolute Gasteiger partial charge is 0.319 e. The Morgan fingerprint density at radius 2 is 1.98 bits per heavy atom. The predicted molar refractivity (Wildman–Crippen MR) is 171 cm³/mol. The van der Waals surface area contributed by atoms with Crippen molar-refractivity contribution < 1.29 is 9.53 Å². The molecule has 1 aliphatic carbocycles. The molecule has 3 atom stereocenters. The molecular formula is C33H38ClN7O2. The van der Waals surface area contributed by atoms with Crippen LogP contribution in [0.3, 0.4) is 0 Å². The third-order valence-corrected chi connectivity index (χ3v) is 9.39. The molecule has 1 saturated carbocycles. The van der Waals surface area contributed by atoms with Gasteiger partial charge in [0.2, 0.25) is 12.5 Å². The number of amides is 1. The first kappa shape index (κ1) is 29.2. The van der Waals surface area contributed by atoms with Gasteiger partial charge in [0.25, 0.3) is 0 Å². The Kier molecular flexibility index (Phi) is 8.42. The van der Waals surface area contributed by atoms with E-state index in [0.29, 0.717) is 38.2 Å². The van der Waals surface area contributed by atoms with Crippen LogP contribution in [0.5, 0.6) is 6.01 Å². The van der Waals surface area contributed by atoms with Crippen molar-refractivity contribution in [1.82, 2.24) is 19.8 Å². The van der Waals surface area contributed by atoms with Crippen molar-refractivity contribution in [3.05, 3.63) is 76.8 Å². The minimum absolute atomic E-state index is 0.0226. The zero-order valence-corrected chi connectivity index (χ0v) is 25.6. The minimum atomic E-state index is -0.238. The van der Waals surface area contributed by atoms with Crippen molar-refractivity contribution in [3.8, 4) is 6.01 Å². The molecule has 43 heavy (non-hydrogen) atoms. The molecule has 9 nitrogen and oxygen atoms in total. The van der Waals surface area contributed by atoms with Crippen LogP contribution in [-0.4, -0.2) is 90.7 Å². The van der Waals surface area contributed by atoms with E-state index in [1.807, 2.05) is 12.1 Å². The highest BCUT2D eigenvalue weighted by Crippen LogP contribution is 2.38. The third-order valence-electron chi connectivity index (χ3n) is 9.08. The van der Waals surface area contributed by atoms with E-state index < -0.39 is 0 Å². The maximum atomic E-state index is 12.6. The second kappa shape index (κ2) is 12.4. The van der Waals surface area contributed by atoms with E-state index in [1.54, 1.807) is 4.90 Å². The number of hydrogen-bond donors (Lipinski definition) is 0. The number of nitrogens with zero attached hydrogens (tertiary/aromatic N) is 7. The van der Waals surface area contributed by atoms with Crippen molar-refractivity contribution >= 4 is 39.8 Å². The van der Waals surface area contributed by atoms with E-state index in [2.05, 4.69) is 64.5 Å². The van der Waals surface area contributed by atoms with Crippen molar-refractivity contribution in [1.29, 1.82) is 0 Å². The van der Waals surface area contributed by atoms with Crippen LogP contribution in [0.2, 0.25) is 5.02 Å². The number of anilines is 2. The van der Waals surface area contributed by atoms with Gasteiger partial charge < -0.3 is 29.2 Å². The van der Waals surface area contributed by atoms with Crippen LogP contribution >= 0.6 is 11.6 Å². The topological polar surface area (TPSA) is 69.4 Å². The van der Waals surface area contributed by atoms with Gasteiger partial charge >= 0.3 is 6.01 Å². The molecule has 2 fully saturated rings. The highest BCUT2D eigenvalue weighted by molar-refractivity contribution is 6.36. The molecule has 1 saturated heterocycles. The van der Waals surface area contributed by atoms with Gasteiger partial charge in [-0.1, -0.05) is 42.4 Å². The fraction of sp³-hybridized carbons (Fsp3) is 0.455. The molecule has 10 heteroatoms. The minimum Gasteiger partial charge on any atom is -0.458 e. The first-order valence-electron chi connectivity index (χ1n) is 15.0. The van der Waals surface area contributed by atoms with Crippen LogP contribution in [0, 0.1) is 6.57 Å². The average molecular weight is 600 g/mol. The number of rotatable bonds is 7. The quantitative estimate of drug-likeness (QED) is 0.285. The van der Waals surface area contributed by atoms with Crippen molar-refractivity contribution in [3.63, 3.8) is 0 Å². The lowest BCUT2D eigenvalue weighted by Gasteiger charge is -2.41. The fourth-order valence-corrected chi connectivity index (χ4v) is 7.21. The van der Waals surface area contributed by atoms with E-state index >= 15 is 0 Å². The van der Waals surface area contributed by atoms with Gasteiger partial charge in [-0.2, -0.15) is 9.97 Å². The summed E-state index contributed by atoms with van der Waals surface area (Å²) in [6.07, 6.45) is 5.28. The monoisotopic (exact) mass is 599 g/mol. The summed E-state index contributed by atoms with van der Waals surface area (Å²) in [5, 5.41) is 2.89. The van der Waals surface area contributed by atoms with E-state index in [4.69, 9.17) is 32.9 Å². The van der Waals surface area contributed by atoms with Gasteiger partial charge in [0.15, 0.2) is 0 Å². The zero-order valence-electron chi connectivity index (χ0n) is 24.9. The third kappa shape index (κ3) is 5.74. The molecular weight excluding hydrogens is 562 g/mol. The van der Waals surface area contributed by atoms with Crippen molar-refractivity contribution in [2.24, 2.45) is 0 Å². The summed E-state index contributed by atoms with van der Waals surface area (Å²) in [6.45, 7) is 14.5. The Labute approximate surface area is 258 Å². The van der Waals surface area contributed by atoms with Crippen molar-refractivity contribution in [2.45, 2.75) is 50.4 Å². The molecule has 2 aliphatic heterocycles. The predicted octanol–water partition coefficient (Wildman–Crippen LogP) is 4.83. The number of halogens is 1. The second-order valence-electron chi connectivity index (χ2n) is 11.8. The lowest BCUT2D eigenvalue weighted by atomic mass is 10.0. The zero-order chi connectivity index (χ0) is 30.1. The van der Waals surface area contributed by atoms with Crippen LogP contribution < -0.4 is 14.5 Å². The lowest BCUT2D eigenvalue weighted by Crippen LogP contribution is -2.56. The molecule has 0 spiro atoms. The van der Waals surface area contributed by atoms with E-state index in [1.165, 1.54) is 6.08 Å². The Morgan fingerprint density at radius 3 is 2.74 bits per heavy atom. The number of benzene rings is 2. The Bertz CT molecular complexity index is 1570. The highest BCUT2D eigenvalue weighted by Gasteiger charge is 2.36. The van der Waals surface area contributed by atoms with Gasteiger partial charge in [-0.15, -0.1) is 0 Å². The average Bonchev–Trinajstić information content (AvgIpc) is 3.48. The molecule has 0 radical (unpaired) electrons. The maximum absolute atomic E-state index is 12.6. The summed E-state index contributed by atoms with van der Waals surface area (Å²) < 4.78 is 6.57. The van der Waals surface area contributed by atoms with E-state index in [0.717, 1.165) is 70.8 Å². The molecule has 3 aliphatic rings. The van der Waals surface area contributed by atoms with Gasteiger partial charge in [-0.3, -0.25) is 4.79 Å². The Balaban J connectivity index is 1.37. The number of carbonyl (C=O) groups is 1. The molecule has 1 aromatic heterocycles. The van der Waals surface area contributed by atoms with Crippen LogP contribution in [-0.2, 0) is 17.8 Å². The summed E-state index contributed by atoms with van der Waals surface area (Å²) in [5.74, 6) is 0.720. The largest absolute Gasteiger partial charge is 0.458 e. The highest BCUT2D eigenvalue weighted by atomic mass is 35.5. The lowest BCUT2D eigenvalue weighted by molar-refractivity contribution is -0.128. The standard InChI is InChI=1S/C33H38ClN7O2/c1-5-30(42)41-18-17-40(20-23(41)19-35-2)32-24-15-16-39(28-13-7-10-22-9-6-11-25(34)31(22)28)21-26(24)36-33(37-32)43-29-14-8-12-27(29)38(3)4/h5-7,9-11,13,23,27,29H,1,8,12,14-21H2,3-4H3/t23-,27+,29+/m0/s1. The van der Waals surface area contributed by atoms with Crippen LogP contribution in [0.25, 0.3) is 15.6 Å². The molecule has 2 aromatic carbocycles. The number of hydrogen-bond acceptors (Lipinski definition) is 7. The van der Waals surface area contributed by atoms with Gasteiger partial charge in [-0.25, -0.2) is 6.57 Å². The molecule has 3 heterocycles. The van der Waals surface area contributed by atoms with Crippen LogP contribution in [0.1, 0.15) is 30.5 Å². The molecule has 0 N–H and O–H groups in total. The molecule has 3 aromatic rings. The number of aromatic nitrogens is 2. The molecule has 1 amide bonds. The molecule has 6 rings (SSSR count). The summed E-state index contributed by atoms with van der Waals surface area (Å²) in [4.78, 5) is 34.9. The SMILES string of the molecule is [C-]#[N+]C[C@H]1CN(c2nc(O[C@@H]3CCC[C@H]3N(C)C)nc3c2CCN(c2cccc4cccc(Cl)c24)C3)CCN1C(=O)C=C. The number of ether oxygens (including phenoxy) is 1. The normalized spacial score (nSPS) is 22.0. The van der Waals surface area contributed by atoms with Gasteiger partial charge in [0.1, 0.15) is 18.0 Å². The maximum Gasteiger partial charge on any atom is 0.319 e. The van der Waals surface area contributed by atoms with E-state index in [-0.39, 0.29) is 24.6 Å². The van der Waals surface area contributed by atoms with E-state index in [9.17, 15) is 4.79 Å². The van der Waals surface area contributed by atoms with Crippen LogP contribution in [0.15, 0.2) is 49.1 Å². The Morgan fingerprint density at radius 1 is 1.16 bits per heavy atom. The second-order valence-corrected chi connectivity index (χ2v) is 12.2. The van der Waals surface area contributed by atoms with Crippen molar-refractivity contribution in [2.75, 3.05) is 56.6 Å². The number of likely N-dealkylation sites (N-methyl/N-ethyl adjacent to an activating group) is 1. The Hall–Kier alpha value is -3.87. The van der Waals surface area contributed by atoms with Gasteiger partial charge in [0.05, 0.1) is 17.3 Å². The van der Waals surface area contributed by atoms with Gasteiger partial charge in [0, 0.05) is 48.9 Å².